The third-order valence-corrected chi connectivity index (χ3v) is 3.93. The highest BCUT2D eigenvalue weighted by Gasteiger charge is 2.33. The number of amides is 1. The minimum absolute atomic E-state index is 0.0437. The summed E-state index contributed by atoms with van der Waals surface area (Å²) in [4.78, 5) is 13.5. The Balaban J connectivity index is 1.81. The molecule has 1 atom stereocenters. The van der Waals surface area contributed by atoms with E-state index in [1.807, 2.05) is 13.8 Å². The maximum Gasteiger partial charge on any atom is 0.401 e. The normalized spacial score (nSPS) is 20.0. The minimum Gasteiger partial charge on any atom is -0.350 e. The number of aromatic nitrogens is 2. The lowest BCUT2D eigenvalue weighted by Gasteiger charge is -2.33. The Morgan fingerprint density at radius 1 is 1.48 bits per heavy atom. The second kappa shape index (κ2) is 7.33. The number of nitrogens with zero attached hydrogens (tertiary/aromatic N) is 3. The topological polar surface area (TPSA) is 50.2 Å². The summed E-state index contributed by atoms with van der Waals surface area (Å²) >= 11 is 0. The Morgan fingerprint density at radius 3 is 2.83 bits per heavy atom. The molecule has 0 unspecified atom stereocenters. The van der Waals surface area contributed by atoms with Gasteiger partial charge in [0.1, 0.15) is 5.69 Å². The van der Waals surface area contributed by atoms with Crippen LogP contribution in [0.2, 0.25) is 0 Å². The summed E-state index contributed by atoms with van der Waals surface area (Å²) in [6.07, 6.45) is -0.881. The molecular weight excluding hydrogens is 309 g/mol. The van der Waals surface area contributed by atoms with E-state index in [0.717, 1.165) is 12.8 Å². The Morgan fingerprint density at radius 2 is 2.22 bits per heavy atom. The van der Waals surface area contributed by atoms with Crippen LogP contribution in [0, 0.1) is 5.92 Å². The van der Waals surface area contributed by atoms with Gasteiger partial charge in [0.05, 0.1) is 6.54 Å². The first-order valence-corrected chi connectivity index (χ1v) is 7.87. The molecule has 1 amide bonds. The van der Waals surface area contributed by atoms with Crippen LogP contribution in [0.1, 0.15) is 43.2 Å². The molecule has 130 valence electrons. The number of hydrogen-bond donors (Lipinski definition) is 1. The van der Waals surface area contributed by atoms with Gasteiger partial charge in [-0.3, -0.25) is 14.4 Å². The van der Waals surface area contributed by atoms with Gasteiger partial charge in [-0.15, -0.1) is 0 Å². The summed E-state index contributed by atoms with van der Waals surface area (Å²) in [5.74, 6) is -0.237. The SMILES string of the molecule is CC(C)n1ccc(C(=O)NC[C@@H]2CCCN(CC(F)(F)F)C2)n1. The molecule has 0 bridgehead atoms. The summed E-state index contributed by atoms with van der Waals surface area (Å²) < 4.78 is 39.0. The molecule has 0 saturated carbocycles. The fourth-order valence-electron chi connectivity index (χ4n) is 2.79. The molecule has 8 heteroatoms. The number of piperidine rings is 1. The summed E-state index contributed by atoms with van der Waals surface area (Å²) in [5, 5.41) is 6.96. The Kier molecular flexibility index (Phi) is 5.67. The second-order valence-electron chi connectivity index (χ2n) is 6.34. The average molecular weight is 332 g/mol. The molecule has 1 aromatic rings. The number of rotatable bonds is 5. The zero-order chi connectivity index (χ0) is 17.0. The summed E-state index contributed by atoms with van der Waals surface area (Å²) in [6.45, 7) is 4.25. The van der Waals surface area contributed by atoms with Crippen LogP contribution in [0.3, 0.4) is 0 Å². The molecule has 23 heavy (non-hydrogen) atoms. The number of alkyl halides is 3. The molecule has 1 N–H and O–H groups in total. The highest BCUT2D eigenvalue weighted by Crippen LogP contribution is 2.22. The third kappa shape index (κ3) is 5.53. The fourth-order valence-corrected chi connectivity index (χ4v) is 2.79. The molecule has 0 aromatic carbocycles. The van der Waals surface area contributed by atoms with Crippen LogP contribution in [0.5, 0.6) is 0 Å². The smallest absolute Gasteiger partial charge is 0.350 e. The van der Waals surface area contributed by atoms with Crippen molar-refractivity contribution in [1.29, 1.82) is 0 Å². The lowest BCUT2D eigenvalue weighted by atomic mass is 9.98. The maximum absolute atomic E-state index is 12.4. The largest absolute Gasteiger partial charge is 0.401 e. The highest BCUT2D eigenvalue weighted by atomic mass is 19.4. The molecule has 0 aliphatic carbocycles. The molecule has 0 spiro atoms. The Labute approximate surface area is 133 Å². The standard InChI is InChI=1S/C15H23F3N4O/c1-11(2)22-7-5-13(20-22)14(23)19-8-12-4-3-6-21(9-12)10-15(16,17)18/h5,7,11-12H,3-4,6,8-10H2,1-2H3,(H,19,23)/t12-/m0/s1. The van der Waals surface area contributed by atoms with E-state index in [2.05, 4.69) is 10.4 Å². The monoisotopic (exact) mass is 332 g/mol. The first kappa shape index (κ1) is 17.8. The fraction of sp³-hybridized carbons (Fsp3) is 0.733. The van der Waals surface area contributed by atoms with Crippen LogP contribution in [-0.2, 0) is 0 Å². The number of likely N-dealkylation sites (tertiary alicyclic amines) is 1. The molecule has 2 heterocycles. The zero-order valence-electron chi connectivity index (χ0n) is 13.4. The van der Waals surface area contributed by atoms with Gasteiger partial charge >= 0.3 is 6.18 Å². The van der Waals surface area contributed by atoms with Crippen molar-refractivity contribution in [3.05, 3.63) is 18.0 Å². The average Bonchev–Trinajstić information content (AvgIpc) is 2.93. The quantitative estimate of drug-likeness (QED) is 0.901. The number of halogens is 3. The first-order valence-electron chi connectivity index (χ1n) is 7.87. The van der Waals surface area contributed by atoms with Gasteiger partial charge in [-0.2, -0.15) is 18.3 Å². The van der Waals surface area contributed by atoms with Crippen molar-refractivity contribution >= 4 is 5.91 Å². The molecule has 5 nitrogen and oxygen atoms in total. The number of carbonyl (C=O) groups is 1. The van der Waals surface area contributed by atoms with Gasteiger partial charge < -0.3 is 5.32 Å². The van der Waals surface area contributed by atoms with E-state index in [-0.39, 0.29) is 17.9 Å². The minimum atomic E-state index is -4.17. The van der Waals surface area contributed by atoms with Gasteiger partial charge in [0.15, 0.2) is 0 Å². The van der Waals surface area contributed by atoms with E-state index in [9.17, 15) is 18.0 Å². The van der Waals surface area contributed by atoms with Gasteiger partial charge in [0.25, 0.3) is 5.91 Å². The van der Waals surface area contributed by atoms with Crippen LogP contribution < -0.4 is 5.32 Å². The van der Waals surface area contributed by atoms with Gasteiger partial charge in [0.2, 0.25) is 0 Å². The number of carbonyl (C=O) groups excluding carboxylic acids is 1. The molecule has 0 radical (unpaired) electrons. The molecule has 1 aliphatic heterocycles. The third-order valence-electron chi connectivity index (χ3n) is 3.93. The lowest BCUT2D eigenvalue weighted by molar-refractivity contribution is -0.149. The molecule has 1 aromatic heterocycles. The Bertz CT molecular complexity index is 527. The summed E-state index contributed by atoms with van der Waals surface area (Å²) in [5.41, 5.74) is 0.335. The first-order chi connectivity index (χ1) is 10.7. The van der Waals surface area contributed by atoms with Crippen LogP contribution >= 0.6 is 0 Å². The molecular formula is C15H23F3N4O. The van der Waals surface area contributed by atoms with Gasteiger partial charge in [-0.05, 0) is 45.2 Å². The van der Waals surface area contributed by atoms with Crippen LogP contribution in [0.4, 0.5) is 13.2 Å². The van der Waals surface area contributed by atoms with Crippen LogP contribution in [-0.4, -0.2) is 52.9 Å². The van der Waals surface area contributed by atoms with Crippen LogP contribution in [0.25, 0.3) is 0 Å². The predicted molar refractivity (Wildman–Crippen MR) is 80.2 cm³/mol. The van der Waals surface area contributed by atoms with Crippen molar-refractivity contribution in [3.63, 3.8) is 0 Å². The van der Waals surface area contributed by atoms with E-state index < -0.39 is 12.7 Å². The van der Waals surface area contributed by atoms with Crippen molar-refractivity contribution in [2.75, 3.05) is 26.2 Å². The van der Waals surface area contributed by atoms with Crippen molar-refractivity contribution in [3.8, 4) is 0 Å². The lowest BCUT2D eigenvalue weighted by Crippen LogP contribution is -2.44. The second-order valence-corrected chi connectivity index (χ2v) is 6.34. The van der Waals surface area contributed by atoms with Crippen LogP contribution in [0.15, 0.2) is 12.3 Å². The predicted octanol–water partition coefficient (Wildman–Crippen LogP) is 2.47. The van der Waals surface area contributed by atoms with E-state index in [1.165, 1.54) is 4.90 Å². The van der Waals surface area contributed by atoms with Gasteiger partial charge in [-0.1, -0.05) is 0 Å². The van der Waals surface area contributed by atoms with Crippen molar-refractivity contribution in [1.82, 2.24) is 20.0 Å². The van der Waals surface area contributed by atoms with E-state index in [4.69, 9.17) is 0 Å². The van der Waals surface area contributed by atoms with E-state index in [1.54, 1.807) is 16.9 Å². The van der Waals surface area contributed by atoms with E-state index >= 15 is 0 Å². The highest BCUT2D eigenvalue weighted by molar-refractivity contribution is 5.92. The zero-order valence-corrected chi connectivity index (χ0v) is 13.4. The van der Waals surface area contributed by atoms with Crippen molar-refractivity contribution in [2.24, 2.45) is 5.92 Å². The summed E-state index contributed by atoms with van der Waals surface area (Å²) in [6, 6.07) is 1.82. The molecule has 1 fully saturated rings. The van der Waals surface area contributed by atoms with E-state index in [0.29, 0.717) is 25.3 Å². The van der Waals surface area contributed by atoms with Gasteiger partial charge in [0, 0.05) is 25.3 Å². The molecule has 2 rings (SSSR count). The van der Waals surface area contributed by atoms with Gasteiger partial charge in [-0.25, -0.2) is 0 Å². The number of nitrogens with one attached hydrogen (secondary N) is 1. The summed E-state index contributed by atoms with van der Waals surface area (Å²) in [7, 11) is 0. The number of hydrogen-bond acceptors (Lipinski definition) is 3. The molecule has 1 aliphatic rings. The van der Waals surface area contributed by atoms with Crippen molar-refractivity contribution in [2.45, 2.75) is 38.9 Å². The van der Waals surface area contributed by atoms with Crippen molar-refractivity contribution < 1.29 is 18.0 Å². The molecule has 1 saturated heterocycles. The Hall–Kier alpha value is -1.57. The maximum atomic E-state index is 12.4.